The van der Waals surface area contributed by atoms with Crippen molar-refractivity contribution in [2.45, 2.75) is 71.3 Å². The van der Waals surface area contributed by atoms with E-state index in [0.29, 0.717) is 30.7 Å². The molecule has 1 aliphatic rings. The van der Waals surface area contributed by atoms with E-state index in [1.165, 1.54) is 0 Å². The van der Waals surface area contributed by atoms with Crippen LogP contribution in [-0.4, -0.2) is 29.6 Å². The highest BCUT2D eigenvalue weighted by molar-refractivity contribution is 5.89. The molecule has 3 rings (SSSR count). The van der Waals surface area contributed by atoms with Crippen LogP contribution in [-0.2, 0) is 22.4 Å². The van der Waals surface area contributed by atoms with Crippen LogP contribution in [0.25, 0.3) is 11.0 Å². The predicted molar refractivity (Wildman–Crippen MR) is 113 cm³/mol. The minimum absolute atomic E-state index is 0.147. The van der Waals surface area contributed by atoms with Gasteiger partial charge < -0.3 is 19.6 Å². The lowest BCUT2D eigenvalue weighted by Crippen LogP contribution is -2.37. The summed E-state index contributed by atoms with van der Waals surface area (Å²) in [4.78, 5) is 35.3. The number of unbranched alkanes of at least 4 members (excludes halogenated alkanes) is 2. The molecule has 0 saturated heterocycles. The molecule has 0 fully saturated rings. The Morgan fingerprint density at radius 2 is 1.90 bits per heavy atom. The van der Waals surface area contributed by atoms with Crippen LogP contribution in [0.4, 0.5) is 0 Å². The molecule has 1 heterocycles. The number of carbonyl (C=O) groups is 2. The normalized spacial score (nSPS) is 14.2. The van der Waals surface area contributed by atoms with Crippen molar-refractivity contribution in [2.24, 2.45) is 0 Å². The Kier molecular flexibility index (Phi) is 7.13. The van der Waals surface area contributed by atoms with Crippen molar-refractivity contribution in [1.29, 1.82) is 0 Å². The van der Waals surface area contributed by atoms with E-state index in [0.717, 1.165) is 54.2 Å². The first kappa shape index (κ1) is 21.9. The SMILES string of the molecule is Cc1cc(O[C@H](C)C(=O)NCCCCCC(=O)O)c2c3c(c(=O)oc2c1)CCCC3. The fourth-order valence-corrected chi connectivity index (χ4v) is 3.94. The first-order valence-corrected chi connectivity index (χ1v) is 10.6. The molecule has 0 saturated carbocycles. The molecular formula is C23H29NO6. The third-order valence-electron chi connectivity index (χ3n) is 5.47. The van der Waals surface area contributed by atoms with E-state index in [1.807, 2.05) is 19.1 Å². The van der Waals surface area contributed by atoms with Crippen molar-refractivity contribution in [3.8, 4) is 5.75 Å². The Morgan fingerprint density at radius 1 is 1.17 bits per heavy atom. The summed E-state index contributed by atoms with van der Waals surface area (Å²) < 4.78 is 11.6. The van der Waals surface area contributed by atoms with Gasteiger partial charge in [-0.15, -0.1) is 0 Å². The number of carboxylic acids is 1. The van der Waals surface area contributed by atoms with E-state index >= 15 is 0 Å². The van der Waals surface area contributed by atoms with Crippen molar-refractivity contribution >= 4 is 22.8 Å². The standard InChI is InChI=1S/C23H29NO6/c1-14-12-18(29-15(2)22(27)24-11-7-3-4-10-20(25)26)21-16-8-5-6-9-17(16)23(28)30-19(21)13-14/h12-13,15H,3-11H2,1-2H3,(H,24,27)(H,25,26)/t15-/m1/s1. The molecule has 1 aromatic carbocycles. The summed E-state index contributed by atoms with van der Waals surface area (Å²) in [6, 6.07) is 3.72. The summed E-state index contributed by atoms with van der Waals surface area (Å²) >= 11 is 0. The lowest BCUT2D eigenvalue weighted by atomic mass is 9.90. The maximum Gasteiger partial charge on any atom is 0.339 e. The van der Waals surface area contributed by atoms with E-state index in [1.54, 1.807) is 6.92 Å². The number of fused-ring (bicyclic) bond motifs is 3. The van der Waals surface area contributed by atoms with Crippen molar-refractivity contribution < 1.29 is 23.8 Å². The summed E-state index contributed by atoms with van der Waals surface area (Å²) in [5.74, 6) is -0.463. The number of rotatable bonds is 9. The predicted octanol–water partition coefficient (Wildman–Crippen LogP) is 3.51. The second-order valence-electron chi connectivity index (χ2n) is 7.95. The summed E-state index contributed by atoms with van der Waals surface area (Å²) in [6.45, 7) is 4.07. The second-order valence-corrected chi connectivity index (χ2v) is 7.95. The number of nitrogens with one attached hydrogen (secondary N) is 1. The molecular weight excluding hydrogens is 386 g/mol. The number of aliphatic carboxylic acids is 1. The van der Waals surface area contributed by atoms with Crippen molar-refractivity contribution in [3.05, 3.63) is 39.2 Å². The van der Waals surface area contributed by atoms with Gasteiger partial charge in [-0.3, -0.25) is 9.59 Å². The number of carboxylic acid groups (broad SMARTS) is 1. The highest BCUT2D eigenvalue weighted by Crippen LogP contribution is 2.35. The van der Waals surface area contributed by atoms with E-state index in [2.05, 4.69) is 5.32 Å². The summed E-state index contributed by atoms with van der Waals surface area (Å²) in [7, 11) is 0. The molecule has 7 nitrogen and oxygen atoms in total. The molecule has 1 aromatic heterocycles. The van der Waals surface area contributed by atoms with Gasteiger partial charge in [0.2, 0.25) is 0 Å². The third-order valence-corrected chi connectivity index (χ3v) is 5.47. The molecule has 0 bridgehead atoms. The van der Waals surface area contributed by atoms with Gasteiger partial charge in [0.25, 0.3) is 5.91 Å². The Labute approximate surface area is 175 Å². The maximum absolute atomic E-state index is 12.4. The van der Waals surface area contributed by atoms with Crippen LogP contribution in [0.15, 0.2) is 21.3 Å². The average molecular weight is 415 g/mol. The van der Waals surface area contributed by atoms with Crippen LogP contribution >= 0.6 is 0 Å². The summed E-state index contributed by atoms with van der Waals surface area (Å²) in [6.07, 6.45) is 4.99. The highest BCUT2D eigenvalue weighted by Gasteiger charge is 2.23. The van der Waals surface area contributed by atoms with Crippen LogP contribution in [0.2, 0.25) is 0 Å². The van der Waals surface area contributed by atoms with Gasteiger partial charge in [0, 0.05) is 18.5 Å². The van der Waals surface area contributed by atoms with E-state index < -0.39 is 12.1 Å². The summed E-state index contributed by atoms with van der Waals surface area (Å²) in [5, 5.41) is 12.3. The number of carbonyl (C=O) groups excluding carboxylic acids is 1. The number of benzene rings is 1. The van der Waals surface area contributed by atoms with Gasteiger partial charge in [0.1, 0.15) is 11.3 Å². The van der Waals surface area contributed by atoms with Gasteiger partial charge in [-0.1, -0.05) is 6.42 Å². The maximum atomic E-state index is 12.4. The van der Waals surface area contributed by atoms with Crippen molar-refractivity contribution in [1.82, 2.24) is 5.32 Å². The van der Waals surface area contributed by atoms with E-state index in [9.17, 15) is 14.4 Å². The van der Waals surface area contributed by atoms with Gasteiger partial charge in [0.15, 0.2) is 6.10 Å². The fraction of sp³-hybridized carbons (Fsp3) is 0.522. The number of aryl methyl sites for hydroxylation is 2. The average Bonchev–Trinajstić information content (AvgIpc) is 2.69. The van der Waals surface area contributed by atoms with Crippen LogP contribution in [0.1, 0.15) is 62.1 Å². The molecule has 0 spiro atoms. The molecule has 0 radical (unpaired) electrons. The van der Waals surface area contributed by atoms with Gasteiger partial charge in [-0.2, -0.15) is 0 Å². The van der Waals surface area contributed by atoms with Gasteiger partial charge >= 0.3 is 11.6 Å². The number of hydrogen-bond donors (Lipinski definition) is 2. The molecule has 1 atom stereocenters. The van der Waals surface area contributed by atoms with Crippen LogP contribution in [0.5, 0.6) is 5.75 Å². The number of ether oxygens (including phenoxy) is 1. The van der Waals surface area contributed by atoms with E-state index in [4.69, 9.17) is 14.3 Å². The molecule has 7 heteroatoms. The first-order chi connectivity index (χ1) is 14.4. The van der Waals surface area contributed by atoms with Gasteiger partial charge in [-0.05, 0) is 75.6 Å². The number of hydrogen-bond acceptors (Lipinski definition) is 5. The van der Waals surface area contributed by atoms with Gasteiger partial charge in [-0.25, -0.2) is 4.79 Å². The van der Waals surface area contributed by atoms with Crippen LogP contribution < -0.4 is 15.7 Å². The quantitative estimate of drug-likeness (QED) is 0.480. The van der Waals surface area contributed by atoms with Crippen molar-refractivity contribution in [3.63, 3.8) is 0 Å². The molecule has 0 aliphatic heterocycles. The first-order valence-electron chi connectivity index (χ1n) is 10.6. The molecule has 30 heavy (non-hydrogen) atoms. The Morgan fingerprint density at radius 3 is 2.63 bits per heavy atom. The Bertz CT molecular complexity index is 993. The van der Waals surface area contributed by atoms with Crippen molar-refractivity contribution in [2.75, 3.05) is 6.54 Å². The highest BCUT2D eigenvalue weighted by atomic mass is 16.5. The van der Waals surface area contributed by atoms with Gasteiger partial charge in [0.05, 0.1) is 5.39 Å². The molecule has 1 amide bonds. The topological polar surface area (TPSA) is 106 Å². The Hall–Kier alpha value is -2.83. The smallest absolute Gasteiger partial charge is 0.339 e. The second kappa shape index (κ2) is 9.78. The number of amides is 1. The van der Waals surface area contributed by atoms with Crippen LogP contribution in [0.3, 0.4) is 0 Å². The molecule has 2 N–H and O–H groups in total. The summed E-state index contributed by atoms with van der Waals surface area (Å²) in [5.41, 5.74) is 2.82. The lowest BCUT2D eigenvalue weighted by Gasteiger charge is -2.21. The zero-order chi connectivity index (χ0) is 21.7. The lowest BCUT2D eigenvalue weighted by molar-refractivity contribution is -0.137. The van der Waals surface area contributed by atoms with Crippen LogP contribution in [0, 0.1) is 6.92 Å². The zero-order valence-corrected chi connectivity index (χ0v) is 17.6. The minimum Gasteiger partial charge on any atom is -0.481 e. The molecule has 0 unspecified atom stereocenters. The molecule has 1 aliphatic carbocycles. The molecule has 162 valence electrons. The Balaban J connectivity index is 1.71. The monoisotopic (exact) mass is 415 g/mol. The van der Waals surface area contributed by atoms with E-state index in [-0.39, 0.29) is 18.0 Å². The zero-order valence-electron chi connectivity index (χ0n) is 17.6. The minimum atomic E-state index is -0.801. The fourth-order valence-electron chi connectivity index (χ4n) is 3.94. The largest absolute Gasteiger partial charge is 0.481 e. The molecule has 2 aromatic rings. The third kappa shape index (κ3) is 5.20.